The lowest BCUT2D eigenvalue weighted by molar-refractivity contribution is -0.313. The second kappa shape index (κ2) is 5.63. The molecule has 4 atom stereocenters. The fourth-order valence-electron chi connectivity index (χ4n) is 3.36. The van der Waals surface area contributed by atoms with E-state index in [1.807, 2.05) is 12.2 Å². The lowest BCUT2D eigenvalue weighted by Crippen LogP contribution is -2.50. The number of carboxylic acids is 1. The average molecular weight is 299 g/mol. The molecule has 1 fully saturated rings. The first-order valence-electron chi connectivity index (χ1n) is 7.12. The highest BCUT2D eigenvalue weighted by Gasteiger charge is 2.48. The molecule has 1 aromatic carbocycles. The molecular formula is C16H15N2O4-. The first-order chi connectivity index (χ1) is 10.6. The summed E-state index contributed by atoms with van der Waals surface area (Å²) in [6, 6.07) is 8.44. The van der Waals surface area contributed by atoms with Gasteiger partial charge in [-0.25, -0.2) is 0 Å². The maximum absolute atomic E-state index is 12.2. The molecular weight excluding hydrogens is 284 g/mol. The number of aliphatic carboxylic acids is 1. The number of amides is 2. The molecule has 114 valence electrons. The molecule has 0 radical (unpaired) electrons. The molecule has 0 aromatic heterocycles. The molecule has 2 aliphatic rings. The van der Waals surface area contributed by atoms with Gasteiger partial charge in [-0.15, -0.1) is 0 Å². The first-order valence-corrected chi connectivity index (χ1v) is 7.12. The zero-order valence-electron chi connectivity index (χ0n) is 11.7. The van der Waals surface area contributed by atoms with E-state index in [2.05, 4.69) is 10.9 Å². The maximum atomic E-state index is 12.2. The molecule has 2 bridgehead atoms. The summed E-state index contributed by atoms with van der Waals surface area (Å²) in [5.74, 6) is -3.95. The number of carbonyl (C=O) groups excluding carboxylic acids is 3. The van der Waals surface area contributed by atoms with Gasteiger partial charge < -0.3 is 9.90 Å². The van der Waals surface area contributed by atoms with E-state index in [1.165, 1.54) is 0 Å². The van der Waals surface area contributed by atoms with Gasteiger partial charge in [0.1, 0.15) is 0 Å². The third-order valence-corrected chi connectivity index (χ3v) is 4.37. The SMILES string of the molecule is O=C(NNC(=O)[C@H]1[C@@H](C(=O)[O-])[C@H]2C=C[C@H]1C2)c1ccccc1. The van der Waals surface area contributed by atoms with Gasteiger partial charge in [-0.1, -0.05) is 30.4 Å². The topological polar surface area (TPSA) is 98.3 Å². The number of hydrazine groups is 1. The predicted octanol–water partition coefficient (Wildman–Crippen LogP) is -0.364. The van der Waals surface area contributed by atoms with Crippen molar-refractivity contribution in [2.75, 3.05) is 0 Å². The average Bonchev–Trinajstić information content (AvgIpc) is 3.14. The number of benzene rings is 1. The van der Waals surface area contributed by atoms with Gasteiger partial charge in [-0.3, -0.25) is 20.4 Å². The van der Waals surface area contributed by atoms with E-state index in [-0.39, 0.29) is 11.8 Å². The largest absolute Gasteiger partial charge is 0.550 e. The van der Waals surface area contributed by atoms with Crippen molar-refractivity contribution in [1.29, 1.82) is 0 Å². The van der Waals surface area contributed by atoms with Crippen LogP contribution in [0, 0.1) is 23.7 Å². The highest BCUT2D eigenvalue weighted by Crippen LogP contribution is 2.47. The molecule has 2 aliphatic carbocycles. The van der Waals surface area contributed by atoms with Crippen LogP contribution in [0.5, 0.6) is 0 Å². The zero-order valence-corrected chi connectivity index (χ0v) is 11.7. The van der Waals surface area contributed by atoms with Crippen LogP contribution in [0.25, 0.3) is 0 Å². The van der Waals surface area contributed by atoms with Crippen molar-refractivity contribution >= 4 is 17.8 Å². The van der Waals surface area contributed by atoms with Crippen LogP contribution in [0.15, 0.2) is 42.5 Å². The Morgan fingerprint density at radius 2 is 1.59 bits per heavy atom. The fourth-order valence-corrected chi connectivity index (χ4v) is 3.36. The molecule has 0 saturated heterocycles. The molecule has 3 rings (SSSR count). The summed E-state index contributed by atoms with van der Waals surface area (Å²) in [4.78, 5) is 35.4. The van der Waals surface area contributed by atoms with Crippen molar-refractivity contribution in [2.24, 2.45) is 23.7 Å². The van der Waals surface area contributed by atoms with Crippen LogP contribution in [0.4, 0.5) is 0 Å². The molecule has 0 aliphatic heterocycles. The standard InChI is InChI=1S/C16H16N2O4/c19-14(9-4-2-1-3-5-9)17-18-15(20)12-10-6-7-11(8-10)13(12)16(21)22/h1-7,10-13H,8H2,(H,17,19)(H,18,20)(H,21,22)/p-1/t10-,11-,12+,13-/m0/s1. The first kappa shape index (κ1) is 14.3. The Kier molecular flexibility index (Phi) is 3.66. The number of carboxylic acid groups (broad SMARTS) is 1. The Morgan fingerprint density at radius 3 is 2.23 bits per heavy atom. The van der Waals surface area contributed by atoms with E-state index in [4.69, 9.17) is 0 Å². The van der Waals surface area contributed by atoms with Gasteiger partial charge in [-0.05, 0) is 30.4 Å². The minimum Gasteiger partial charge on any atom is -0.550 e. The van der Waals surface area contributed by atoms with Gasteiger partial charge in [0.25, 0.3) is 5.91 Å². The highest BCUT2D eigenvalue weighted by molar-refractivity contribution is 5.96. The molecule has 6 nitrogen and oxygen atoms in total. The van der Waals surface area contributed by atoms with E-state index in [0.717, 1.165) is 0 Å². The summed E-state index contributed by atoms with van der Waals surface area (Å²) >= 11 is 0. The monoisotopic (exact) mass is 299 g/mol. The van der Waals surface area contributed by atoms with E-state index in [1.54, 1.807) is 30.3 Å². The highest BCUT2D eigenvalue weighted by atomic mass is 16.4. The predicted molar refractivity (Wildman–Crippen MR) is 74.8 cm³/mol. The van der Waals surface area contributed by atoms with Gasteiger partial charge in [0, 0.05) is 17.5 Å². The number of carbonyl (C=O) groups is 3. The molecule has 1 saturated carbocycles. The summed E-state index contributed by atoms with van der Waals surface area (Å²) in [7, 11) is 0. The van der Waals surface area contributed by atoms with E-state index in [0.29, 0.717) is 12.0 Å². The Balaban J connectivity index is 1.64. The summed E-state index contributed by atoms with van der Waals surface area (Å²) in [5.41, 5.74) is 5.06. The molecule has 2 amide bonds. The number of hydrogen-bond acceptors (Lipinski definition) is 4. The van der Waals surface area contributed by atoms with Crippen LogP contribution in [0.1, 0.15) is 16.8 Å². The van der Waals surface area contributed by atoms with E-state index >= 15 is 0 Å². The second-order valence-corrected chi connectivity index (χ2v) is 5.63. The van der Waals surface area contributed by atoms with Gasteiger partial charge in [0.2, 0.25) is 5.91 Å². The molecule has 22 heavy (non-hydrogen) atoms. The summed E-state index contributed by atoms with van der Waals surface area (Å²) < 4.78 is 0. The summed E-state index contributed by atoms with van der Waals surface area (Å²) in [6.07, 6.45) is 4.34. The van der Waals surface area contributed by atoms with Gasteiger partial charge in [-0.2, -0.15) is 0 Å². The quantitative estimate of drug-likeness (QED) is 0.588. The molecule has 6 heteroatoms. The zero-order chi connectivity index (χ0) is 15.7. The van der Waals surface area contributed by atoms with Crippen molar-refractivity contribution in [3.8, 4) is 0 Å². The van der Waals surface area contributed by atoms with E-state index in [9.17, 15) is 19.5 Å². The maximum Gasteiger partial charge on any atom is 0.269 e. The molecule has 0 unspecified atom stereocenters. The third kappa shape index (κ3) is 2.47. The number of fused-ring (bicyclic) bond motifs is 2. The third-order valence-electron chi connectivity index (χ3n) is 4.37. The molecule has 0 spiro atoms. The Hall–Kier alpha value is -2.63. The Bertz CT molecular complexity index is 641. The summed E-state index contributed by atoms with van der Waals surface area (Å²) in [5, 5.41) is 11.3. The molecule has 1 aromatic rings. The second-order valence-electron chi connectivity index (χ2n) is 5.63. The van der Waals surface area contributed by atoms with Crippen molar-refractivity contribution in [3.63, 3.8) is 0 Å². The fraction of sp³-hybridized carbons (Fsp3) is 0.312. The molecule has 2 N–H and O–H groups in total. The smallest absolute Gasteiger partial charge is 0.269 e. The van der Waals surface area contributed by atoms with Crippen molar-refractivity contribution < 1.29 is 19.5 Å². The van der Waals surface area contributed by atoms with Crippen LogP contribution in [-0.2, 0) is 9.59 Å². The van der Waals surface area contributed by atoms with Crippen LogP contribution in [0.3, 0.4) is 0 Å². The van der Waals surface area contributed by atoms with E-state index < -0.39 is 29.6 Å². The minimum absolute atomic E-state index is 0.110. The van der Waals surface area contributed by atoms with Crippen LogP contribution < -0.4 is 16.0 Å². The van der Waals surface area contributed by atoms with Crippen molar-refractivity contribution in [1.82, 2.24) is 10.9 Å². The van der Waals surface area contributed by atoms with Crippen LogP contribution >= 0.6 is 0 Å². The lowest BCUT2D eigenvalue weighted by atomic mass is 9.82. The van der Waals surface area contributed by atoms with Crippen LogP contribution in [-0.4, -0.2) is 17.8 Å². The van der Waals surface area contributed by atoms with Gasteiger partial charge in [0.15, 0.2) is 0 Å². The number of nitrogens with one attached hydrogen (secondary N) is 2. The molecule has 0 heterocycles. The normalized spacial score (nSPS) is 28.4. The Labute approximate surface area is 127 Å². The van der Waals surface area contributed by atoms with Gasteiger partial charge in [0.05, 0.1) is 5.92 Å². The Morgan fingerprint density at radius 1 is 0.955 bits per heavy atom. The van der Waals surface area contributed by atoms with Gasteiger partial charge >= 0.3 is 0 Å². The number of hydrogen-bond donors (Lipinski definition) is 2. The summed E-state index contributed by atoms with van der Waals surface area (Å²) in [6.45, 7) is 0. The van der Waals surface area contributed by atoms with Crippen molar-refractivity contribution in [2.45, 2.75) is 6.42 Å². The van der Waals surface area contributed by atoms with Crippen LogP contribution in [0.2, 0.25) is 0 Å². The minimum atomic E-state index is -1.22. The lowest BCUT2D eigenvalue weighted by Gasteiger charge is -2.27. The number of rotatable bonds is 3. The van der Waals surface area contributed by atoms with Crippen molar-refractivity contribution in [3.05, 3.63) is 48.0 Å². The number of allylic oxidation sites excluding steroid dienone is 2.